The molecule has 5 heteroatoms. The quantitative estimate of drug-likeness (QED) is 0.786. The molecule has 2 heterocycles. The Morgan fingerprint density at radius 3 is 2.50 bits per heavy atom. The molecule has 0 N–H and O–H groups in total. The van der Waals surface area contributed by atoms with Crippen LogP contribution in [0.1, 0.15) is 19.3 Å². The third-order valence-electron chi connectivity index (χ3n) is 4.10. The summed E-state index contributed by atoms with van der Waals surface area (Å²) in [7, 11) is 0. The van der Waals surface area contributed by atoms with Crippen LogP contribution in [-0.2, 0) is 4.79 Å². The van der Waals surface area contributed by atoms with Crippen LogP contribution in [0.4, 0.5) is 5.95 Å². The van der Waals surface area contributed by atoms with Crippen LogP contribution in [0.25, 0.3) is 0 Å². The number of halogens is 1. The Bertz CT molecular complexity index is 428. The topological polar surface area (TPSA) is 46.1 Å². The van der Waals surface area contributed by atoms with Gasteiger partial charge >= 0.3 is 0 Å². The summed E-state index contributed by atoms with van der Waals surface area (Å²) in [5.74, 6) is 2.47. The predicted molar refractivity (Wildman–Crippen MR) is 69.6 cm³/mol. The first-order chi connectivity index (χ1) is 8.78. The molecular formula is C13H16ClN3O. The van der Waals surface area contributed by atoms with Gasteiger partial charge < -0.3 is 9.69 Å². The molecule has 1 aromatic heterocycles. The fourth-order valence-corrected chi connectivity index (χ4v) is 3.03. The average Bonchev–Trinajstić information content (AvgIpc) is 3.19. The Balaban J connectivity index is 1.57. The van der Waals surface area contributed by atoms with Crippen molar-refractivity contribution in [3.63, 3.8) is 0 Å². The van der Waals surface area contributed by atoms with Crippen LogP contribution in [0.2, 0.25) is 5.02 Å². The summed E-state index contributed by atoms with van der Waals surface area (Å²) in [5, 5.41) is 0.570. The summed E-state index contributed by atoms with van der Waals surface area (Å²) in [6.07, 6.45) is 7.78. The highest BCUT2D eigenvalue weighted by Crippen LogP contribution is 2.46. The first-order valence-corrected chi connectivity index (χ1v) is 6.83. The van der Waals surface area contributed by atoms with Gasteiger partial charge in [-0.3, -0.25) is 0 Å². The molecule has 1 aliphatic carbocycles. The van der Waals surface area contributed by atoms with Gasteiger partial charge in [0, 0.05) is 19.0 Å². The highest BCUT2D eigenvalue weighted by atomic mass is 35.5. The normalized spacial score (nSPS) is 28.2. The number of hydrogen-bond donors (Lipinski definition) is 0. The molecule has 0 bridgehead atoms. The van der Waals surface area contributed by atoms with Gasteiger partial charge in [0.25, 0.3) is 0 Å². The molecule has 18 heavy (non-hydrogen) atoms. The van der Waals surface area contributed by atoms with Crippen LogP contribution in [0, 0.1) is 17.8 Å². The van der Waals surface area contributed by atoms with E-state index in [1.165, 1.54) is 0 Å². The van der Waals surface area contributed by atoms with Crippen molar-refractivity contribution < 1.29 is 4.79 Å². The molecule has 1 aromatic rings. The molecule has 0 amide bonds. The molecule has 2 fully saturated rings. The summed E-state index contributed by atoms with van der Waals surface area (Å²) in [6, 6.07) is 0. The maximum absolute atomic E-state index is 10.7. The van der Waals surface area contributed by atoms with Crippen molar-refractivity contribution in [2.75, 3.05) is 18.0 Å². The van der Waals surface area contributed by atoms with Gasteiger partial charge in [-0.15, -0.1) is 0 Å². The van der Waals surface area contributed by atoms with Crippen LogP contribution < -0.4 is 4.90 Å². The van der Waals surface area contributed by atoms with E-state index < -0.39 is 0 Å². The second-order valence-corrected chi connectivity index (χ2v) is 5.66. The van der Waals surface area contributed by atoms with Crippen LogP contribution in [-0.4, -0.2) is 29.3 Å². The molecule has 2 atom stereocenters. The number of carbonyl (C=O) groups is 1. The molecule has 0 spiro atoms. The van der Waals surface area contributed by atoms with E-state index in [4.69, 9.17) is 11.6 Å². The number of hydrogen-bond acceptors (Lipinski definition) is 4. The lowest BCUT2D eigenvalue weighted by Crippen LogP contribution is -2.35. The Morgan fingerprint density at radius 2 is 1.94 bits per heavy atom. The first-order valence-electron chi connectivity index (χ1n) is 6.45. The summed E-state index contributed by atoms with van der Waals surface area (Å²) < 4.78 is 0. The van der Waals surface area contributed by atoms with E-state index in [1.54, 1.807) is 12.4 Å². The summed E-state index contributed by atoms with van der Waals surface area (Å²) in [5.41, 5.74) is 0. The van der Waals surface area contributed by atoms with Gasteiger partial charge in [0.15, 0.2) is 0 Å². The van der Waals surface area contributed by atoms with Gasteiger partial charge in [-0.05, 0) is 31.1 Å². The van der Waals surface area contributed by atoms with Gasteiger partial charge in [-0.2, -0.15) is 0 Å². The first kappa shape index (κ1) is 11.9. The monoisotopic (exact) mass is 265 g/mol. The fourth-order valence-electron chi connectivity index (χ4n) is 2.93. The van der Waals surface area contributed by atoms with Gasteiger partial charge in [0.2, 0.25) is 5.95 Å². The van der Waals surface area contributed by atoms with Crippen LogP contribution in [0.15, 0.2) is 12.4 Å². The van der Waals surface area contributed by atoms with Crippen molar-refractivity contribution in [3.8, 4) is 0 Å². The zero-order chi connectivity index (χ0) is 12.5. The highest BCUT2D eigenvalue weighted by molar-refractivity contribution is 6.30. The van der Waals surface area contributed by atoms with Gasteiger partial charge in [-0.25, -0.2) is 9.97 Å². The lowest BCUT2D eigenvalue weighted by molar-refractivity contribution is -0.109. The molecule has 1 saturated heterocycles. The predicted octanol–water partition coefficient (Wildman–Crippen LogP) is 2.18. The summed E-state index contributed by atoms with van der Waals surface area (Å²) in [4.78, 5) is 21.4. The van der Waals surface area contributed by atoms with E-state index in [1.807, 2.05) is 0 Å². The van der Waals surface area contributed by atoms with Crippen molar-refractivity contribution in [3.05, 3.63) is 17.4 Å². The van der Waals surface area contributed by atoms with E-state index in [0.29, 0.717) is 22.8 Å². The van der Waals surface area contributed by atoms with Gasteiger partial charge in [0.05, 0.1) is 17.4 Å². The number of rotatable bonds is 3. The minimum atomic E-state index is 0.341. The zero-order valence-corrected chi connectivity index (χ0v) is 10.9. The Hall–Kier alpha value is -1.16. The van der Waals surface area contributed by atoms with E-state index in [0.717, 1.165) is 44.6 Å². The number of carbonyl (C=O) groups excluding carboxylic acids is 1. The number of aldehydes is 1. The summed E-state index contributed by atoms with van der Waals surface area (Å²) >= 11 is 5.78. The number of piperidine rings is 1. The number of nitrogens with zero attached hydrogens (tertiary/aromatic N) is 3. The smallest absolute Gasteiger partial charge is 0.225 e. The lowest BCUT2D eigenvalue weighted by atomic mass is 9.91. The third-order valence-corrected chi connectivity index (χ3v) is 4.30. The maximum atomic E-state index is 10.7. The average molecular weight is 266 g/mol. The van der Waals surface area contributed by atoms with Gasteiger partial charge in [-0.1, -0.05) is 11.6 Å². The second kappa shape index (κ2) is 4.84. The second-order valence-electron chi connectivity index (χ2n) is 5.23. The van der Waals surface area contributed by atoms with Crippen molar-refractivity contribution in [1.29, 1.82) is 0 Å². The standard InChI is InChI=1S/C13H16ClN3O/c14-11-6-15-13(16-7-11)17-3-1-9(2-4-17)12-5-10(12)8-18/h6-10,12H,1-5H2/t10-,12+/m0/s1. The maximum Gasteiger partial charge on any atom is 0.225 e. The minimum absolute atomic E-state index is 0.341. The molecule has 1 saturated carbocycles. The number of aromatic nitrogens is 2. The molecule has 1 aliphatic heterocycles. The molecule has 3 rings (SSSR count). The van der Waals surface area contributed by atoms with Crippen molar-refractivity contribution in [1.82, 2.24) is 9.97 Å². The van der Waals surface area contributed by atoms with Crippen molar-refractivity contribution >= 4 is 23.8 Å². The van der Waals surface area contributed by atoms with E-state index >= 15 is 0 Å². The largest absolute Gasteiger partial charge is 0.341 e. The van der Waals surface area contributed by atoms with E-state index in [9.17, 15) is 4.79 Å². The summed E-state index contributed by atoms with van der Waals surface area (Å²) in [6.45, 7) is 1.96. The molecule has 4 nitrogen and oxygen atoms in total. The molecule has 96 valence electrons. The Labute approximate surface area is 111 Å². The zero-order valence-electron chi connectivity index (χ0n) is 10.1. The van der Waals surface area contributed by atoms with Crippen LogP contribution in [0.3, 0.4) is 0 Å². The third kappa shape index (κ3) is 2.34. The SMILES string of the molecule is O=C[C@@H]1C[C@@H]1C1CCN(c2ncc(Cl)cn2)CC1. The Morgan fingerprint density at radius 1 is 1.28 bits per heavy atom. The molecule has 2 aliphatic rings. The minimum Gasteiger partial charge on any atom is -0.341 e. The molecule has 0 radical (unpaired) electrons. The van der Waals surface area contributed by atoms with Crippen molar-refractivity contribution in [2.24, 2.45) is 17.8 Å². The fraction of sp³-hybridized carbons (Fsp3) is 0.615. The van der Waals surface area contributed by atoms with Crippen LogP contribution >= 0.6 is 11.6 Å². The molecule has 0 aromatic carbocycles. The van der Waals surface area contributed by atoms with Crippen molar-refractivity contribution in [2.45, 2.75) is 19.3 Å². The molecular weight excluding hydrogens is 250 g/mol. The van der Waals surface area contributed by atoms with Crippen LogP contribution in [0.5, 0.6) is 0 Å². The highest BCUT2D eigenvalue weighted by Gasteiger charge is 2.43. The Kier molecular flexibility index (Phi) is 3.20. The van der Waals surface area contributed by atoms with Gasteiger partial charge in [0.1, 0.15) is 6.29 Å². The molecule has 0 unspecified atom stereocenters. The van der Waals surface area contributed by atoms with E-state index in [-0.39, 0.29) is 0 Å². The number of anilines is 1. The van der Waals surface area contributed by atoms with E-state index in [2.05, 4.69) is 14.9 Å². The lowest BCUT2D eigenvalue weighted by Gasteiger charge is -2.32.